The van der Waals surface area contributed by atoms with Gasteiger partial charge in [0.05, 0.1) is 6.61 Å². The predicted octanol–water partition coefficient (Wildman–Crippen LogP) is 5.41. The number of hydrogen-bond acceptors (Lipinski definition) is 4. The Labute approximate surface area is 170 Å². The van der Waals surface area contributed by atoms with E-state index in [9.17, 15) is 9.90 Å². The Morgan fingerprint density at radius 2 is 1.81 bits per heavy atom. The van der Waals surface area contributed by atoms with Crippen molar-refractivity contribution in [2.45, 2.75) is 33.1 Å². The van der Waals surface area contributed by atoms with Crippen molar-refractivity contribution in [3.05, 3.63) is 57.1 Å². The molecule has 2 aromatic carbocycles. The maximum Gasteiger partial charge on any atom is 0.325 e. The standard InChI is InChI=1S/C21H25Cl2NO3/c1-5-27-21(26)12-24(4)15-10-18(22)17(19(23)11-15)9-14-6-7-20(25)16(8-14)13(2)3/h6-8,10-11,13,25H,5,9,12H2,1-4H3. The third kappa shape index (κ3) is 5.53. The number of phenolic OH excluding ortho intramolecular Hbond substituents is 1. The number of nitrogens with zero attached hydrogens (tertiary/aromatic N) is 1. The van der Waals surface area contributed by atoms with Crippen LogP contribution in [0.25, 0.3) is 0 Å². The van der Waals surface area contributed by atoms with E-state index in [0.29, 0.717) is 28.8 Å². The fourth-order valence-electron chi connectivity index (χ4n) is 2.85. The van der Waals surface area contributed by atoms with Crippen molar-refractivity contribution in [1.82, 2.24) is 0 Å². The molecule has 6 heteroatoms. The van der Waals surface area contributed by atoms with Gasteiger partial charge in [0.15, 0.2) is 0 Å². The van der Waals surface area contributed by atoms with Crippen LogP contribution in [0.1, 0.15) is 43.4 Å². The van der Waals surface area contributed by atoms with Crippen LogP contribution in [-0.2, 0) is 16.0 Å². The minimum absolute atomic E-state index is 0.121. The molecule has 2 rings (SSSR count). The molecule has 0 heterocycles. The molecule has 4 nitrogen and oxygen atoms in total. The SMILES string of the molecule is CCOC(=O)CN(C)c1cc(Cl)c(Cc2ccc(O)c(C(C)C)c2)c(Cl)c1. The number of halogens is 2. The first-order valence-electron chi connectivity index (χ1n) is 8.89. The van der Waals surface area contributed by atoms with E-state index in [1.165, 1.54) is 0 Å². The zero-order valence-corrected chi connectivity index (χ0v) is 17.6. The number of likely N-dealkylation sites (N-methyl/N-ethyl adjacent to an activating group) is 1. The van der Waals surface area contributed by atoms with Crippen molar-refractivity contribution >= 4 is 34.9 Å². The summed E-state index contributed by atoms with van der Waals surface area (Å²) in [6, 6.07) is 9.15. The molecule has 1 N–H and O–H groups in total. The molecule has 27 heavy (non-hydrogen) atoms. The van der Waals surface area contributed by atoms with Crippen LogP contribution in [0.15, 0.2) is 30.3 Å². The lowest BCUT2D eigenvalue weighted by Gasteiger charge is -2.20. The molecular weight excluding hydrogens is 385 g/mol. The molecule has 0 aliphatic carbocycles. The van der Waals surface area contributed by atoms with Crippen LogP contribution in [-0.4, -0.2) is 31.3 Å². The molecule has 0 aliphatic heterocycles. The minimum atomic E-state index is -0.304. The summed E-state index contributed by atoms with van der Waals surface area (Å²) in [4.78, 5) is 13.4. The highest BCUT2D eigenvalue weighted by Crippen LogP contribution is 2.34. The van der Waals surface area contributed by atoms with Gasteiger partial charge in [-0.3, -0.25) is 4.79 Å². The summed E-state index contributed by atoms with van der Waals surface area (Å²) in [6.45, 7) is 6.31. The molecule has 0 aromatic heterocycles. The summed E-state index contributed by atoms with van der Waals surface area (Å²) in [5.74, 6) is 0.207. The summed E-state index contributed by atoms with van der Waals surface area (Å²) in [5.41, 5.74) is 3.47. The largest absolute Gasteiger partial charge is 0.508 e. The number of anilines is 1. The Hall–Kier alpha value is -1.91. The summed E-state index contributed by atoms with van der Waals surface area (Å²) in [7, 11) is 1.79. The summed E-state index contributed by atoms with van der Waals surface area (Å²) in [6.07, 6.45) is 0.555. The van der Waals surface area contributed by atoms with Gasteiger partial charge in [0.2, 0.25) is 0 Å². The first-order valence-corrected chi connectivity index (χ1v) is 9.65. The molecule has 2 aromatic rings. The molecule has 0 saturated heterocycles. The van der Waals surface area contributed by atoms with Crippen LogP contribution in [0.3, 0.4) is 0 Å². The molecule has 0 aliphatic rings. The minimum Gasteiger partial charge on any atom is -0.508 e. The van der Waals surface area contributed by atoms with Gasteiger partial charge in [0.25, 0.3) is 0 Å². The second-order valence-electron chi connectivity index (χ2n) is 6.77. The Balaban J connectivity index is 2.25. The normalized spacial score (nSPS) is 10.9. The van der Waals surface area contributed by atoms with Crippen LogP contribution in [0, 0.1) is 0 Å². The van der Waals surface area contributed by atoms with Gasteiger partial charge in [-0.15, -0.1) is 0 Å². The Morgan fingerprint density at radius 3 is 2.37 bits per heavy atom. The van der Waals surface area contributed by atoms with E-state index in [-0.39, 0.29) is 18.4 Å². The number of benzene rings is 2. The zero-order chi connectivity index (χ0) is 20.1. The number of carbonyl (C=O) groups is 1. The Kier molecular flexibility index (Phi) is 7.40. The number of aromatic hydroxyl groups is 1. The number of rotatable bonds is 7. The number of hydrogen-bond donors (Lipinski definition) is 1. The highest BCUT2D eigenvalue weighted by atomic mass is 35.5. The van der Waals surface area contributed by atoms with E-state index in [4.69, 9.17) is 27.9 Å². The van der Waals surface area contributed by atoms with E-state index in [2.05, 4.69) is 0 Å². The Bertz CT molecular complexity index is 798. The molecule has 0 bridgehead atoms. The summed E-state index contributed by atoms with van der Waals surface area (Å²) in [5, 5.41) is 11.1. The predicted molar refractivity (Wildman–Crippen MR) is 111 cm³/mol. The van der Waals surface area contributed by atoms with Crippen molar-refractivity contribution in [2.24, 2.45) is 0 Å². The molecule has 0 spiro atoms. The lowest BCUT2D eigenvalue weighted by Crippen LogP contribution is -2.27. The van der Waals surface area contributed by atoms with Crippen LogP contribution in [0.4, 0.5) is 5.69 Å². The van der Waals surface area contributed by atoms with Gasteiger partial charge in [-0.05, 0) is 47.7 Å². The van der Waals surface area contributed by atoms with E-state index >= 15 is 0 Å². The molecule has 0 fully saturated rings. The third-order valence-electron chi connectivity index (χ3n) is 4.33. The molecule has 0 radical (unpaired) electrons. The second-order valence-corrected chi connectivity index (χ2v) is 7.59. The van der Waals surface area contributed by atoms with E-state index in [0.717, 1.165) is 22.4 Å². The van der Waals surface area contributed by atoms with Crippen LogP contribution in [0.2, 0.25) is 10.0 Å². The van der Waals surface area contributed by atoms with Gasteiger partial charge in [-0.2, -0.15) is 0 Å². The van der Waals surface area contributed by atoms with E-state index in [1.807, 2.05) is 26.0 Å². The first kappa shape index (κ1) is 21.4. The van der Waals surface area contributed by atoms with Crippen LogP contribution < -0.4 is 4.90 Å². The summed E-state index contributed by atoms with van der Waals surface area (Å²) >= 11 is 13.0. The number of ether oxygens (including phenoxy) is 1. The monoisotopic (exact) mass is 409 g/mol. The maximum absolute atomic E-state index is 11.7. The Morgan fingerprint density at radius 1 is 1.19 bits per heavy atom. The van der Waals surface area contributed by atoms with Crippen molar-refractivity contribution in [2.75, 3.05) is 25.1 Å². The van der Waals surface area contributed by atoms with Gasteiger partial charge in [0.1, 0.15) is 12.3 Å². The molecule has 0 amide bonds. The number of phenols is 1. The molecule has 0 saturated carbocycles. The van der Waals surface area contributed by atoms with Gasteiger partial charge >= 0.3 is 5.97 Å². The van der Waals surface area contributed by atoms with Crippen molar-refractivity contribution in [3.63, 3.8) is 0 Å². The molecule has 0 unspecified atom stereocenters. The second kappa shape index (κ2) is 9.34. The first-order chi connectivity index (χ1) is 12.7. The lowest BCUT2D eigenvalue weighted by atomic mass is 9.96. The fraction of sp³-hybridized carbons (Fsp3) is 0.381. The average molecular weight is 410 g/mol. The van der Waals surface area contributed by atoms with E-state index < -0.39 is 0 Å². The van der Waals surface area contributed by atoms with Crippen molar-refractivity contribution in [1.29, 1.82) is 0 Å². The highest BCUT2D eigenvalue weighted by Gasteiger charge is 2.15. The van der Waals surface area contributed by atoms with Crippen molar-refractivity contribution < 1.29 is 14.6 Å². The highest BCUT2D eigenvalue weighted by molar-refractivity contribution is 6.36. The van der Waals surface area contributed by atoms with E-state index in [1.54, 1.807) is 37.1 Å². The molecule has 0 atom stereocenters. The quantitative estimate of drug-likeness (QED) is 0.620. The van der Waals surface area contributed by atoms with Gasteiger partial charge in [-0.1, -0.05) is 49.2 Å². The smallest absolute Gasteiger partial charge is 0.325 e. The summed E-state index contributed by atoms with van der Waals surface area (Å²) < 4.78 is 4.97. The maximum atomic E-state index is 11.7. The zero-order valence-electron chi connectivity index (χ0n) is 16.1. The molecule has 146 valence electrons. The lowest BCUT2D eigenvalue weighted by molar-refractivity contribution is -0.141. The van der Waals surface area contributed by atoms with Crippen molar-refractivity contribution in [3.8, 4) is 5.75 Å². The number of carbonyl (C=O) groups excluding carboxylic acids is 1. The van der Waals surface area contributed by atoms with Crippen LogP contribution in [0.5, 0.6) is 5.75 Å². The number of esters is 1. The average Bonchev–Trinajstić information content (AvgIpc) is 2.59. The van der Waals surface area contributed by atoms with Gasteiger partial charge < -0.3 is 14.7 Å². The molecular formula is C21H25Cl2NO3. The van der Waals surface area contributed by atoms with Gasteiger partial charge in [-0.25, -0.2) is 0 Å². The van der Waals surface area contributed by atoms with Crippen LogP contribution >= 0.6 is 23.2 Å². The topological polar surface area (TPSA) is 49.8 Å². The third-order valence-corrected chi connectivity index (χ3v) is 5.01. The van der Waals surface area contributed by atoms with Gasteiger partial charge in [0, 0.05) is 29.2 Å². The fourth-order valence-corrected chi connectivity index (χ4v) is 3.46.